The summed E-state index contributed by atoms with van der Waals surface area (Å²) in [5.41, 5.74) is -2.84. The summed E-state index contributed by atoms with van der Waals surface area (Å²) < 4.78 is 48.9. The van der Waals surface area contributed by atoms with Crippen LogP contribution in [-0.4, -0.2) is 10.9 Å². The van der Waals surface area contributed by atoms with Crippen molar-refractivity contribution in [2.24, 2.45) is 0 Å². The average Bonchev–Trinajstić information content (AvgIpc) is 2.65. The topological polar surface area (TPSA) is 99.6 Å². The lowest BCUT2D eigenvalue weighted by Gasteiger charge is -2.09. The Bertz CT molecular complexity index is 1250. The van der Waals surface area contributed by atoms with Gasteiger partial charge in [0.1, 0.15) is 16.4 Å². The molecule has 1 aromatic heterocycles. The summed E-state index contributed by atoms with van der Waals surface area (Å²) in [6.07, 6.45) is -2.58. The zero-order chi connectivity index (χ0) is 22.1. The van der Waals surface area contributed by atoms with E-state index in [9.17, 15) is 32.9 Å². The van der Waals surface area contributed by atoms with Gasteiger partial charge in [-0.25, -0.2) is 9.59 Å². The molecule has 0 N–H and O–H groups in total. The van der Waals surface area contributed by atoms with E-state index in [1.54, 1.807) is 0 Å². The van der Waals surface area contributed by atoms with Crippen LogP contribution in [0.4, 0.5) is 18.9 Å². The van der Waals surface area contributed by atoms with Crippen LogP contribution in [0.15, 0.2) is 57.8 Å². The van der Waals surface area contributed by atoms with Crippen LogP contribution in [0.2, 0.25) is 5.02 Å². The number of halogens is 4. The zero-order valence-corrected chi connectivity index (χ0v) is 15.4. The SMILES string of the molecule is O=C(C=Cc1ccc(Cl)c([N+](=O)[O-])c1)Oc1ccc2c(C(F)(F)F)cc(=O)oc2c1. The van der Waals surface area contributed by atoms with E-state index in [0.717, 1.165) is 30.3 Å². The maximum absolute atomic E-state index is 13.0. The van der Waals surface area contributed by atoms with E-state index in [4.69, 9.17) is 20.8 Å². The lowest BCUT2D eigenvalue weighted by Crippen LogP contribution is -2.11. The van der Waals surface area contributed by atoms with Crippen molar-refractivity contribution in [3.8, 4) is 5.75 Å². The molecule has 30 heavy (non-hydrogen) atoms. The van der Waals surface area contributed by atoms with Crippen molar-refractivity contribution in [1.82, 2.24) is 0 Å². The number of carbonyl (C=O) groups is 1. The van der Waals surface area contributed by atoms with Gasteiger partial charge in [0.25, 0.3) is 5.69 Å². The van der Waals surface area contributed by atoms with Crippen LogP contribution in [0.3, 0.4) is 0 Å². The third-order valence-corrected chi connectivity index (χ3v) is 4.14. The Morgan fingerprint density at radius 1 is 1.17 bits per heavy atom. The van der Waals surface area contributed by atoms with Gasteiger partial charge in [0, 0.05) is 29.7 Å². The number of nitrogens with zero attached hydrogens (tertiary/aromatic N) is 1. The summed E-state index contributed by atoms with van der Waals surface area (Å²) in [4.78, 5) is 33.5. The van der Waals surface area contributed by atoms with Gasteiger partial charge < -0.3 is 9.15 Å². The van der Waals surface area contributed by atoms with Crippen LogP contribution in [0, 0.1) is 10.1 Å². The Balaban J connectivity index is 1.83. The lowest BCUT2D eigenvalue weighted by molar-refractivity contribution is -0.384. The molecule has 0 aliphatic carbocycles. The van der Waals surface area contributed by atoms with E-state index in [1.165, 1.54) is 18.2 Å². The standard InChI is InChI=1S/C19H9ClF3NO6/c20-14-5-1-10(7-15(14)24(27)28)2-6-17(25)29-11-3-4-12-13(19(21,22)23)9-18(26)30-16(12)8-11/h1-9H. The molecule has 7 nitrogen and oxygen atoms in total. The van der Waals surface area contributed by atoms with Crippen LogP contribution in [-0.2, 0) is 11.0 Å². The molecule has 0 atom stereocenters. The fourth-order valence-corrected chi connectivity index (χ4v) is 2.72. The molecular formula is C19H9ClF3NO6. The van der Waals surface area contributed by atoms with Crippen molar-refractivity contribution in [3.05, 3.63) is 85.2 Å². The van der Waals surface area contributed by atoms with Gasteiger partial charge in [-0.1, -0.05) is 17.7 Å². The first-order valence-electron chi connectivity index (χ1n) is 8.03. The van der Waals surface area contributed by atoms with E-state index in [0.29, 0.717) is 11.6 Å². The number of alkyl halides is 3. The van der Waals surface area contributed by atoms with Gasteiger partial charge in [0.15, 0.2) is 0 Å². The predicted molar refractivity (Wildman–Crippen MR) is 100 cm³/mol. The first kappa shape index (κ1) is 21.1. The summed E-state index contributed by atoms with van der Waals surface area (Å²) in [5.74, 6) is -1.08. The molecule has 11 heteroatoms. The van der Waals surface area contributed by atoms with Crippen molar-refractivity contribution in [2.45, 2.75) is 6.18 Å². The Kier molecular flexibility index (Phi) is 5.61. The molecule has 1 heterocycles. The summed E-state index contributed by atoms with van der Waals surface area (Å²) in [6.45, 7) is 0. The average molecular weight is 440 g/mol. The molecule has 0 saturated heterocycles. The predicted octanol–water partition coefficient (Wildman–Crippen LogP) is 4.99. The second-order valence-corrected chi connectivity index (χ2v) is 6.26. The van der Waals surface area contributed by atoms with Crippen LogP contribution in [0.1, 0.15) is 11.1 Å². The number of nitro benzene ring substituents is 1. The monoisotopic (exact) mass is 439 g/mol. The van der Waals surface area contributed by atoms with Gasteiger partial charge in [-0.2, -0.15) is 13.2 Å². The van der Waals surface area contributed by atoms with Crippen molar-refractivity contribution >= 4 is 40.3 Å². The number of nitro groups is 1. The number of esters is 1. The highest BCUT2D eigenvalue weighted by atomic mass is 35.5. The second kappa shape index (κ2) is 7.99. The zero-order valence-electron chi connectivity index (χ0n) is 14.6. The molecule has 0 amide bonds. The fraction of sp³-hybridized carbons (Fsp3) is 0.0526. The number of carbonyl (C=O) groups excluding carboxylic acids is 1. The van der Waals surface area contributed by atoms with Gasteiger partial charge in [-0.05, 0) is 29.8 Å². The normalized spacial score (nSPS) is 11.7. The molecule has 0 saturated carbocycles. The van der Waals surface area contributed by atoms with Crippen molar-refractivity contribution < 1.29 is 32.0 Å². The lowest BCUT2D eigenvalue weighted by atomic mass is 10.1. The Morgan fingerprint density at radius 2 is 1.90 bits per heavy atom. The molecule has 0 spiro atoms. The number of hydrogen-bond donors (Lipinski definition) is 0. The van der Waals surface area contributed by atoms with Crippen molar-refractivity contribution in [3.63, 3.8) is 0 Å². The highest BCUT2D eigenvalue weighted by Gasteiger charge is 2.33. The van der Waals surface area contributed by atoms with E-state index < -0.39 is 33.8 Å². The maximum atomic E-state index is 13.0. The van der Waals surface area contributed by atoms with Crippen molar-refractivity contribution in [1.29, 1.82) is 0 Å². The number of benzene rings is 2. The van der Waals surface area contributed by atoms with Crippen LogP contribution in [0.25, 0.3) is 17.0 Å². The molecular weight excluding hydrogens is 431 g/mol. The molecule has 0 aliphatic heterocycles. The molecule has 0 bridgehead atoms. The van der Waals surface area contributed by atoms with Gasteiger partial charge in [0.2, 0.25) is 0 Å². The van der Waals surface area contributed by atoms with Crippen LogP contribution < -0.4 is 10.4 Å². The number of fused-ring (bicyclic) bond motifs is 1. The molecule has 0 radical (unpaired) electrons. The third kappa shape index (κ3) is 4.66. The summed E-state index contributed by atoms with van der Waals surface area (Å²) in [5, 5.41) is 10.4. The first-order chi connectivity index (χ1) is 14.0. The number of rotatable bonds is 4. The van der Waals surface area contributed by atoms with Gasteiger partial charge in [-0.3, -0.25) is 10.1 Å². The molecule has 0 unspecified atom stereocenters. The molecule has 3 aromatic rings. The smallest absolute Gasteiger partial charge is 0.417 e. The van der Waals surface area contributed by atoms with Crippen molar-refractivity contribution in [2.75, 3.05) is 0 Å². The minimum absolute atomic E-state index is 0.0735. The van der Waals surface area contributed by atoms with Crippen LogP contribution >= 0.6 is 11.6 Å². The summed E-state index contributed by atoms with van der Waals surface area (Å²) in [7, 11) is 0. The fourth-order valence-electron chi connectivity index (χ4n) is 2.53. The molecule has 2 aromatic carbocycles. The Morgan fingerprint density at radius 3 is 2.57 bits per heavy atom. The van der Waals surface area contributed by atoms with E-state index in [2.05, 4.69) is 0 Å². The number of hydrogen-bond acceptors (Lipinski definition) is 6. The number of ether oxygens (including phenoxy) is 1. The largest absolute Gasteiger partial charge is 0.423 e. The minimum atomic E-state index is -4.77. The van der Waals surface area contributed by atoms with E-state index in [-0.39, 0.29) is 21.8 Å². The highest BCUT2D eigenvalue weighted by molar-refractivity contribution is 6.32. The first-order valence-corrected chi connectivity index (χ1v) is 8.41. The summed E-state index contributed by atoms with van der Waals surface area (Å²) in [6, 6.07) is 7.30. The quantitative estimate of drug-likeness (QED) is 0.142. The Hall–Kier alpha value is -3.66. The molecule has 3 rings (SSSR count). The highest BCUT2D eigenvalue weighted by Crippen LogP contribution is 2.35. The minimum Gasteiger partial charge on any atom is -0.423 e. The van der Waals surface area contributed by atoms with Crippen LogP contribution in [0.5, 0.6) is 5.75 Å². The third-order valence-electron chi connectivity index (χ3n) is 3.82. The molecule has 0 fully saturated rings. The van der Waals surface area contributed by atoms with Gasteiger partial charge in [0.05, 0.1) is 10.5 Å². The summed E-state index contributed by atoms with van der Waals surface area (Å²) >= 11 is 5.70. The molecule has 0 aliphatic rings. The van der Waals surface area contributed by atoms with E-state index >= 15 is 0 Å². The van der Waals surface area contributed by atoms with Gasteiger partial charge >= 0.3 is 17.8 Å². The second-order valence-electron chi connectivity index (χ2n) is 5.86. The molecule has 154 valence electrons. The van der Waals surface area contributed by atoms with Gasteiger partial charge in [-0.15, -0.1) is 0 Å². The maximum Gasteiger partial charge on any atom is 0.417 e. The van der Waals surface area contributed by atoms with E-state index in [1.807, 2.05) is 0 Å². The Labute approximate surface area is 170 Å².